The molecule has 2 heterocycles. The molecule has 1 amide bonds. The number of para-hydroxylation sites is 2. The first-order chi connectivity index (χ1) is 17.3. The molecule has 0 radical (unpaired) electrons. The minimum Gasteiger partial charge on any atom is -0.496 e. The molecule has 2 aromatic carbocycles. The Morgan fingerprint density at radius 3 is 2.64 bits per heavy atom. The van der Waals surface area contributed by atoms with E-state index in [4.69, 9.17) is 22.1 Å². The molecule has 36 heavy (non-hydrogen) atoms. The summed E-state index contributed by atoms with van der Waals surface area (Å²) in [7, 11) is 1.52. The van der Waals surface area contributed by atoms with Crippen molar-refractivity contribution in [1.82, 2.24) is 14.5 Å². The van der Waals surface area contributed by atoms with Gasteiger partial charge in [0.1, 0.15) is 16.7 Å². The molecule has 4 aromatic rings. The Hall–Kier alpha value is -4.11. The maximum absolute atomic E-state index is 14.1. The van der Waals surface area contributed by atoms with E-state index in [0.717, 1.165) is 6.42 Å². The van der Waals surface area contributed by atoms with Gasteiger partial charge in [0.25, 0.3) is 11.5 Å². The predicted octanol–water partition coefficient (Wildman–Crippen LogP) is 3.98. The van der Waals surface area contributed by atoms with Crippen LogP contribution in [-0.2, 0) is 13.1 Å². The number of hydrogen-bond acceptors (Lipinski definition) is 6. The lowest BCUT2D eigenvalue weighted by Crippen LogP contribution is -2.41. The van der Waals surface area contributed by atoms with Crippen LogP contribution in [0.2, 0.25) is 5.15 Å². The van der Waals surface area contributed by atoms with Gasteiger partial charge < -0.3 is 10.5 Å². The van der Waals surface area contributed by atoms with E-state index in [0.29, 0.717) is 35.2 Å². The van der Waals surface area contributed by atoms with Crippen LogP contribution in [0.1, 0.15) is 35.7 Å². The van der Waals surface area contributed by atoms with Gasteiger partial charge in [-0.05, 0) is 24.6 Å². The van der Waals surface area contributed by atoms with Gasteiger partial charge in [-0.25, -0.2) is 9.78 Å². The lowest BCUT2D eigenvalue weighted by molar-refractivity contribution is 0.0986. The van der Waals surface area contributed by atoms with Gasteiger partial charge in [0, 0.05) is 17.5 Å². The number of benzene rings is 2. The second-order valence-electron chi connectivity index (χ2n) is 8.21. The van der Waals surface area contributed by atoms with E-state index in [2.05, 4.69) is 9.97 Å². The molecule has 0 saturated heterocycles. The number of nitrogens with one attached hydrogen (secondary N) is 1. The molecule has 0 atom stereocenters. The number of nitrogen functional groups attached to an aromatic ring is 1. The minimum atomic E-state index is -0.766. The number of anilines is 2. The fourth-order valence-electron chi connectivity index (χ4n) is 4.10. The number of amides is 1. The molecule has 9 nitrogen and oxygen atoms in total. The van der Waals surface area contributed by atoms with Gasteiger partial charge in [-0.1, -0.05) is 61.3 Å². The number of carbonyl (C=O) groups is 1. The third kappa shape index (κ3) is 4.83. The molecule has 186 valence electrons. The van der Waals surface area contributed by atoms with E-state index >= 15 is 0 Å². The minimum absolute atomic E-state index is 0.0453. The van der Waals surface area contributed by atoms with Gasteiger partial charge >= 0.3 is 5.69 Å². The summed E-state index contributed by atoms with van der Waals surface area (Å²) in [4.78, 5) is 47.7. The van der Waals surface area contributed by atoms with Crippen LogP contribution < -0.4 is 26.6 Å². The number of nitrogens with two attached hydrogens (primary N) is 1. The first-order valence-electron chi connectivity index (χ1n) is 11.5. The van der Waals surface area contributed by atoms with Crippen molar-refractivity contribution in [3.63, 3.8) is 0 Å². The SMILES string of the molecule is CCCCn1c(N)c(N(Cc2ccccc2OC)C(=O)c2cc(Cl)nc3ccccc23)c(=O)[nH]c1=O. The summed E-state index contributed by atoms with van der Waals surface area (Å²) in [6.45, 7) is 2.23. The third-order valence-corrected chi connectivity index (χ3v) is 6.09. The smallest absolute Gasteiger partial charge is 0.330 e. The zero-order chi connectivity index (χ0) is 25.8. The molecule has 0 saturated carbocycles. The molecule has 0 fully saturated rings. The molecular weight excluding hydrogens is 482 g/mol. The first kappa shape index (κ1) is 25.0. The average molecular weight is 508 g/mol. The lowest BCUT2D eigenvalue weighted by atomic mass is 10.1. The van der Waals surface area contributed by atoms with Crippen molar-refractivity contribution in [2.24, 2.45) is 0 Å². The zero-order valence-corrected chi connectivity index (χ0v) is 20.7. The van der Waals surface area contributed by atoms with Crippen molar-refractivity contribution in [2.45, 2.75) is 32.9 Å². The molecule has 0 bridgehead atoms. The van der Waals surface area contributed by atoms with Gasteiger partial charge in [-0.2, -0.15) is 0 Å². The number of aromatic nitrogens is 3. The van der Waals surface area contributed by atoms with E-state index in [1.165, 1.54) is 22.6 Å². The Balaban J connectivity index is 1.96. The lowest BCUT2D eigenvalue weighted by Gasteiger charge is -2.26. The van der Waals surface area contributed by atoms with Crippen LogP contribution in [0, 0.1) is 0 Å². The molecule has 2 aromatic heterocycles. The fourth-order valence-corrected chi connectivity index (χ4v) is 4.30. The largest absolute Gasteiger partial charge is 0.496 e. The number of halogens is 1. The second-order valence-corrected chi connectivity index (χ2v) is 8.60. The average Bonchev–Trinajstić information content (AvgIpc) is 2.87. The first-order valence-corrected chi connectivity index (χ1v) is 11.8. The van der Waals surface area contributed by atoms with E-state index in [9.17, 15) is 14.4 Å². The van der Waals surface area contributed by atoms with Crippen molar-refractivity contribution >= 4 is 39.9 Å². The van der Waals surface area contributed by atoms with Crippen molar-refractivity contribution in [1.29, 1.82) is 0 Å². The van der Waals surface area contributed by atoms with Gasteiger partial charge in [-0.15, -0.1) is 0 Å². The summed E-state index contributed by atoms with van der Waals surface area (Å²) in [6, 6.07) is 15.7. The van der Waals surface area contributed by atoms with Crippen molar-refractivity contribution in [3.8, 4) is 5.75 Å². The summed E-state index contributed by atoms with van der Waals surface area (Å²) in [5.41, 5.74) is 6.28. The molecule has 0 unspecified atom stereocenters. The van der Waals surface area contributed by atoms with Crippen LogP contribution in [0.25, 0.3) is 10.9 Å². The maximum atomic E-state index is 14.1. The number of pyridine rings is 1. The normalized spacial score (nSPS) is 11.0. The molecule has 4 rings (SSSR count). The number of fused-ring (bicyclic) bond motifs is 1. The van der Waals surface area contributed by atoms with Crippen molar-refractivity contribution in [3.05, 3.63) is 91.7 Å². The molecule has 10 heteroatoms. The number of nitrogens with zero attached hydrogens (tertiary/aromatic N) is 3. The second kappa shape index (κ2) is 10.7. The summed E-state index contributed by atoms with van der Waals surface area (Å²) < 4.78 is 6.75. The highest BCUT2D eigenvalue weighted by molar-refractivity contribution is 6.30. The third-order valence-electron chi connectivity index (χ3n) is 5.90. The molecule has 0 aliphatic rings. The Morgan fingerprint density at radius 2 is 1.89 bits per heavy atom. The molecule has 0 aliphatic heterocycles. The van der Waals surface area contributed by atoms with Crippen LogP contribution in [-0.4, -0.2) is 27.6 Å². The molecule has 0 aliphatic carbocycles. The van der Waals surface area contributed by atoms with Gasteiger partial charge in [-0.3, -0.25) is 24.0 Å². The highest BCUT2D eigenvalue weighted by Gasteiger charge is 2.28. The van der Waals surface area contributed by atoms with Crippen LogP contribution in [0.4, 0.5) is 11.5 Å². The number of ether oxygens (including phenoxy) is 1. The van der Waals surface area contributed by atoms with Gasteiger partial charge in [0.2, 0.25) is 0 Å². The monoisotopic (exact) mass is 507 g/mol. The highest BCUT2D eigenvalue weighted by Crippen LogP contribution is 2.29. The Bertz CT molecular complexity index is 1550. The van der Waals surface area contributed by atoms with Crippen LogP contribution >= 0.6 is 11.6 Å². The van der Waals surface area contributed by atoms with E-state index in [1.54, 1.807) is 48.5 Å². The summed E-state index contributed by atoms with van der Waals surface area (Å²) in [5.74, 6) is -0.0913. The summed E-state index contributed by atoms with van der Waals surface area (Å²) in [6.07, 6.45) is 1.48. The van der Waals surface area contributed by atoms with Crippen LogP contribution in [0.5, 0.6) is 5.75 Å². The number of carbonyl (C=O) groups excluding carboxylic acids is 1. The molecular formula is C26H26ClN5O4. The fraction of sp³-hybridized carbons (Fsp3) is 0.231. The zero-order valence-electron chi connectivity index (χ0n) is 20.0. The number of aromatic amines is 1. The summed E-state index contributed by atoms with van der Waals surface area (Å²) in [5, 5.41) is 0.690. The molecule has 3 N–H and O–H groups in total. The van der Waals surface area contributed by atoms with Gasteiger partial charge in [0.15, 0.2) is 5.69 Å². The number of rotatable bonds is 8. The van der Waals surface area contributed by atoms with Crippen LogP contribution in [0.3, 0.4) is 0 Å². The highest BCUT2D eigenvalue weighted by atomic mass is 35.5. The number of hydrogen-bond donors (Lipinski definition) is 2. The van der Waals surface area contributed by atoms with Crippen molar-refractivity contribution in [2.75, 3.05) is 17.7 Å². The standard InChI is InChI=1S/C26H26ClN5O4/c1-3-4-13-31-23(28)22(24(33)30-26(31)35)32(15-16-9-5-8-12-20(16)36-2)25(34)18-14-21(27)29-19-11-7-6-10-17(18)19/h5-12,14H,3-4,13,15,28H2,1-2H3,(H,30,33,35). The molecule has 0 spiro atoms. The quantitative estimate of drug-likeness (QED) is 0.348. The number of unbranched alkanes of at least 4 members (excludes halogenated alkanes) is 1. The van der Waals surface area contributed by atoms with E-state index in [-0.39, 0.29) is 28.8 Å². The topological polar surface area (TPSA) is 123 Å². The van der Waals surface area contributed by atoms with E-state index < -0.39 is 17.2 Å². The Kier molecular flexibility index (Phi) is 7.40. The Morgan fingerprint density at radius 1 is 1.17 bits per heavy atom. The number of H-pyrrole nitrogens is 1. The van der Waals surface area contributed by atoms with Gasteiger partial charge in [0.05, 0.1) is 24.7 Å². The predicted molar refractivity (Wildman–Crippen MR) is 141 cm³/mol. The van der Waals surface area contributed by atoms with E-state index in [1.807, 2.05) is 6.92 Å². The van der Waals surface area contributed by atoms with Crippen LogP contribution in [0.15, 0.2) is 64.2 Å². The Labute approximate surface area is 212 Å². The maximum Gasteiger partial charge on any atom is 0.330 e. The van der Waals surface area contributed by atoms with Crippen molar-refractivity contribution < 1.29 is 9.53 Å². The summed E-state index contributed by atoms with van der Waals surface area (Å²) >= 11 is 6.25. The number of methoxy groups -OCH3 is 1.